The fourth-order valence-electron chi connectivity index (χ4n) is 1.41. The number of methoxy groups -OCH3 is 1. The fraction of sp³-hybridized carbons (Fsp3) is 0.182. The van der Waals surface area contributed by atoms with Crippen molar-refractivity contribution in [2.45, 2.75) is 6.92 Å². The first kappa shape index (κ1) is 10.5. The fourth-order valence-corrected chi connectivity index (χ4v) is 1.41. The van der Waals surface area contributed by atoms with Crippen molar-refractivity contribution in [3.05, 3.63) is 29.6 Å². The second-order valence-electron chi connectivity index (χ2n) is 3.37. The highest BCUT2D eigenvalue weighted by atomic mass is 19.1. The first-order valence-corrected chi connectivity index (χ1v) is 4.69. The van der Waals surface area contributed by atoms with E-state index in [4.69, 9.17) is 15.0 Å². The van der Waals surface area contributed by atoms with Crippen LogP contribution in [0.15, 0.2) is 22.7 Å². The number of nitrogens with zero attached hydrogens (tertiary/aromatic N) is 1. The third kappa shape index (κ3) is 1.60. The van der Waals surface area contributed by atoms with Crippen molar-refractivity contribution in [1.82, 2.24) is 5.16 Å². The minimum atomic E-state index is -0.432. The van der Waals surface area contributed by atoms with Gasteiger partial charge in [0.2, 0.25) is 0 Å². The van der Waals surface area contributed by atoms with Crippen LogP contribution in [0.25, 0.3) is 11.3 Å². The van der Waals surface area contributed by atoms with Crippen LogP contribution in [0.2, 0.25) is 0 Å². The Morgan fingerprint density at radius 3 is 2.69 bits per heavy atom. The zero-order chi connectivity index (χ0) is 11.7. The molecule has 0 aliphatic rings. The number of hydrogen-bond acceptors (Lipinski definition) is 4. The predicted octanol–water partition coefficient (Wildman–Crippen LogP) is 2.38. The number of aromatic nitrogens is 1. The number of halogens is 1. The summed E-state index contributed by atoms with van der Waals surface area (Å²) in [5.74, 6) is 0.632. The van der Waals surface area contributed by atoms with Gasteiger partial charge in [0.05, 0.1) is 12.7 Å². The summed E-state index contributed by atoms with van der Waals surface area (Å²) in [6.07, 6.45) is 0. The van der Waals surface area contributed by atoms with E-state index in [0.29, 0.717) is 22.6 Å². The van der Waals surface area contributed by atoms with Gasteiger partial charge in [0.15, 0.2) is 11.6 Å². The molecule has 4 nitrogen and oxygen atoms in total. The van der Waals surface area contributed by atoms with Gasteiger partial charge in [0.25, 0.3) is 0 Å². The van der Waals surface area contributed by atoms with Crippen LogP contribution in [0.5, 0.6) is 5.75 Å². The van der Waals surface area contributed by atoms with Crippen molar-refractivity contribution in [1.29, 1.82) is 0 Å². The number of anilines is 1. The Labute approximate surface area is 91.8 Å². The summed E-state index contributed by atoms with van der Waals surface area (Å²) in [5.41, 5.74) is 6.48. The number of benzene rings is 1. The van der Waals surface area contributed by atoms with E-state index < -0.39 is 5.82 Å². The third-order valence-electron chi connectivity index (χ3n) is 2.38. The number of nitrogens with two attached hydrogens (primary N) is 1. The third-order valence-corrected chi connectivity index (χ3v) is 2.38. The second-order valence-corrected chi connectivity index (χ2v) is 3.37. The van der Waals surface area contributed by atoms with E-state index in [-0.39, 0.29) is 5.82 Å². The molecule has 0 radical (unpaired) electrons. The summed E-state index contributed by atoms with van der Waals surface area (Å²) >= 11 is 0. The van der Waals surface area contributed by atoms with E-state index >= 15 is 0 Å². The lowest BCUT2D eigenvalue weighted by Gasteiger charge is -2.03. The van der Waals surface area contributed by atoms with E-state index in [1.807, 2.05) is 0 Å². The van der Waals surface area contributed by atoms with E-state index in [9.17, 15) is 4.39 Å². The van der Waals surface area contributed by atoms with Crippen LogP contribution in [0.3, 0.4) is 0 Å². The molecule has 0 spiro atoms. The molecule has 2 rings (SSSR count). The minimum absolute atomic E-state index is 0.269. The van der Waals surface area contributed by atoms with Crippen molar-refractivity contribution < 1.29 is 13.7 Å². The maximum atomic E-state index is 13.7. The van der Waals surface area contributed by atoms with Crippen LogP contribution in [0.1, 0.15) is 5.56 Å². The molecule has 84 valence electrons. The van der Waals surface area contributed by atoms with Crippen molar-refractivity contribution in [3.8, 4) is 17.1 Å². The average molecular weight is 222 g/mol. The maximum Gasteiger partial charge on any atom is 0.174 e. The van der Waals surface area contributed by atoms with Crippen LogP contribution in [0.4, 0.5) is 10.2 Å². The summed E-state index contributed by atoms with van der Waals surface area (Å²) in [7, 11) is 1.48. The second kappa shape index (κ2) is 3.84. The van der Waals surface area contributed by atoms with Gasteiger partial charge in [-0.2, -0.15) is 0 Å². The molecule has 2 aromatic rings. The first-order chi connectivity index (χ1) is 7.63. The van der Waals surface area contributed by atoms with Crippen LogP contribution in [-0.4, -0.2) is 12.3 Å². The molecule has 0 amide bonds. The van der Waals surface area contributed by atoms with Crippen LogP contribution >= 0.6 is 0 Å². The van der Waals surface area contributed by atoms with Gasteiger partial charge < -0.3 is 15.0 Å². The molecule has 0 aliphatic carbocycles. The molecule has 0 fully saturated rings. The Balaban J connectivity index is 2.52. The Kier molecular flexibility index (Phi) is 2.52. The topological polar surface area (TPSA) is 61.3 Å². The Morgan fingerprint density at radius 1 is 1.44 bits per heavy atom. The molecule has 2 N–H and O–H groups in total. The lowest BCUT2D eigenvalue weighted by molar-refractivity contribution is 0.410. The van der Waals surface area contributed by atoms with Crippen molar-refractivity contribution in [3.63, 3.8) is 0 Å². The molecule has 0 aliphatic heterocycles. The molecule has 16 heavy (non-hydrogen) atoms. The monoisotopic (exact) mass is 222 g/mol. The zero-order valence-electron chi connectivity index (χ0n) is 8.95. The first-order valence-electron chi connectivity index (χ1n) is 4.69. The van der Waals surface area contributed by atoms with Gasteiger partial charge in [0.1, 0.15) is 11.6 Å². The highest BCUT2D eigenvalue weighted by Gasteiger charge is 2.15. The Hall–Kier alpha value is -2.04. The number of rotatable bonds is 2. The maximum absolute atomic E-state index is 13.7. The molecule has 0 saturated carbocycles. The van der Waals surface area contributed by atoms with E-state index in [1.165, 1.54) is 13.2 Å². The molecule has 0 unspecified atom stereocenters. The van der Waals surface area contributed by atoms with Gasteiger partial charge >= 0.3 is 0 Å². The normalized spacial score (nSPS) is 10.4. The van der Waals surface area contributed by atoms with Crippen LogP contribution < -0.4 is 10.5 Å². The summed E-state index contributed by atoms with van der Waals surface area (Å²) in [5, 5.41) is 3.58. The largest absolute Gasteiger partial charge is 0.497 e. The smallest absolute Gasteiger partial charge is 0.174 e. The summed E-state index contributed by atoms with van der Waals surface area (Å²) < 4.78 is 23.6. The number of ether oxygens (including phenoxy) is 1. The summed E-state index contributed by atoms with van der Waals surface area (Å²) in [4.78, 5) is 0. The van der Waals surface area contributed by atoms with Crippen LogP contribution in [-0.2, 0) is 0 Å². The standard InChI is InChI=1S/C11H11FN2O2/c1-6-10(16-14-11(6)13)8-4-3-7(15-2)5-9(8)12/h3-5H,1-2H3,(H2,13,14). The van der Waals surface area contributed by atoms with E-state index in [0.717, 1.165) is 0 Å². The lowest BCUT2D eigenvalue weighted by atomic mass is 10.1. The molecule has 1 heterocycles. The molecule has 1 aromatic carbocycles. The van der Waals surface area contributed by atoms with Crippen molar-refractivity contribution in [2.75, 3.05) is 12.8 Å². The van der Waals surface area contributed by atoms with Gasteiger partial charge in [-0.05, 0) is 19.1 Å². The van der Waals surface area contributed by atoms with E-state index in [1.54, 1.807) is 19.1 Å². The van der Waals surface area contributed by atoms with Gasteiger partial charge in [0, 0.05) is 11.6 Å². The minimum Gasteiger partial charge on any atom is -0.497 e. The highest BCUT2D eigenvalue weighted by Crippen LogP contribution is 2.30. The van der Waals surface area contributed by atoms with E-state index in [2.05, 4.69) is 5.16 Å². The number of hydrogen-bond donors (Lipinski definition) is 1. The van der Waals surface area contributed by atoms with Gasteiger partial charge in [-0.1, -0.05) is 5.16 Å². The van der Waals surface area contributed by atoms with Crippen molar-refractivity contribution >= 4 is 5.82 Å². The molecule has 1 aromatic heterocycles. The van der Waals surface area contributed by atoms with Gasteiger partial charge in [-0.3, -0.25) is 0 Å². The molecule has 0 saturated heterocycles. The van der Waals surface area contributed by atoms with Crippen LogP contribution in [0, 0.1) is 12.7 Å². The van der Waals surface area contributed by atoms with Gasteiger partial charge in [-0.25, -0.2) is 4.39 Å². The Morgan fingerprint density at radius 2 is 2.19 bits per heavy atom. The molecular weight excluding hydrogens is 211 g/mol. The Bertz CT molecular complexity index is 523. The predicted molar refractivity (Wildman–Crippen MR) is 57.6 cm³/mol. The lowest BCUT2D eigenvalue weighted by Crippen LogP contribution is -1.89. The molecule has 0 bridgehead atoms. The molecule has 5 heteroatoms. The van der Waals surface area contributed by atoms with Gasteiger partial charge in [-0.15, -0.1) is 0 Å². The average Bonchev–Trinajstić information content (AvgIpc) is 2.60. The quantitative estimate of drug-likeness (QED) is 0.847. The summed E-state index contributed by atoms with van der Waals surface area (Å²) in [6.45, 7) is 1.73. The number of nitrogen functional groups attached to an aromatic ring is 1. The van der Waals surface area contributed by atoms with Crippen molar-refractivity contribution in [2.24, 2.45) is 0 Å². The summed E-state index contributed by atoms with van der Waals surface area (Å²) in [6, 6.07) is 4.51. The zero-order valence-corrected chi connectivity index (χ0v) is 8.95. The molecular formula is C11H11FN2O2. The highest BCUT2D eigenvalue weighted by molar-refractivity contribution is 5.66. The molecule has 0 atom stereocenters. The SMILES string of the molecule is COc1ccc(-c2onc(N)c2C)c(F)c1.